The third kappa shape index (κ3) is 2.45. The maximum absolute atomic E-state index is 3.78. The van der Waals surface area contributed by atoms with E-state index in [2.05, 4.69) is 52.9 Å². The molecular formula is C18H18N2. The minimum absolute atomic E-state index is 0.220. The molecule has 0 saturated heterocycles. The van der Waals surface area contributed by atoms with Crippen LogP contribution in [0.3, 0.4) is 0 Å². The summed E-state index contributed by atoms with van der Waals surface area (Å²) < 4.78 is 0. The molecule has 0 aliphatic rings. The van der Waals surface area contributed by atoms with Gasteiger partial charge >= 0.3 is 0 Å². The van der Waals surface area contributed by atoms with E-state index < -0.39 is 0 Å². The zero-order chi connectivity index (χ0) is 13.8. The largest absolute Gasteiger partial charge is 0.364 e. The number of allylic oxidation sites excluding steroid dienone is 1. The van der Waals surface area contributed by atoms with E-state index in [1.165, 1.54) is 22.5 Å². The SMILES string of the molecule is C=CCc1ccc(C(c2ccc[nH]2)c2ccc[nH]2)cc1. The van der Waals surface area contributed by atoms with Crippen LogP contribution in [-0.2, 0) is 6.42 Å². The first-order chi connectivity index (χ1) is 9.88. The Labute approximate surface area is 119 Å². The molecule has 100 valence electrons. The zero-order valence-corrected chi connectivity index (χ0v) is 11.3. The molecule has 3 rings (SSSR count). The summed E-state index contributed by atoms with van der Waals surface area (Å²) in [5, 5.41) is 0. The van der Waals surface area contributed by atoms with Crippen LogP contribution in [0.25, 0.3) is 0 Å². The number of benzene rings is 1. The molecule has 0 unspecified atom stereocenters. The van der Waals surface area contributed by atoms with Crippen LogP contribution in [0.15, 0.2) is 73.6 Å². The third-order valence-electron chi connectivity index (χ3n) is 3.56. The normalized spacial score (nSPS) is 10.8. The molecule has 0 saturated carbocycles. The van der Waals surface area contributed by atoms with Crippen molar-refractivity contribution in [1.82, 2.24) is 9.97 Å². The zero-order valence-electron chi connectivity index (χ0n) is 11.3. The van der Waals surface area contributed by atoms with Crippen LogP contribution in [-0.4, -0.2) is 9.97 Å². The molecule has 3 aromatic rings. The first-order valence-electron chi connectivity index (χ1n) is 6.85. The molecule has 2 aromatic heterocycles. The summed E-state index contributed by atoms with van der Waals surface area (Å²) in [6, 6.07) is 17.1. The Bertz CT molecular complexity index is 612. The monoisotopic (exact) mass is 262 g/mol. The summed E-state index contributed by atoms with van der Waals surface area (Å²) >= 11 is 0. The van der Waals surface area contributed by atoms with Gasteiger partial charge in [0, 0.05) is 23.8 Å². The van der Waals surface area contributed by atoms with Crippen LogP contribution in [0, 0.1) is 0 Å². The summed E-state index contributed by atoms with van der Waals surface area (Å²) in [6.07, 6.45) is 6.78. The van der Waals surface area contributed by atoms with Gasteiger partial charge in [-0.25, -0.2) is 0 Å². The molecule has 0 aliphatic carbocycles. The van der Waals surface area contributed by atoms with Gasteiger partial charge in [0.25, 0.3) is 0 Å². The van der Waals surface area contributed by atoms with Crippen molar-refractivity contribution < 1.29 is 0 Å². The maximum atomic E-state index is 3.78. The van der Waals surface area contributed by atoms with Crippen molar-refractivity contribution in [1.29, 1.82) is 0 Å². The van der Waals surface area contributed by atoms with E-state index in [9.17, 15) is 0 Å². The molecule has 0 spiro atoms. The molecule has 1 aromatic carbocycles. The number of hydrogen-bond acceptors (Lipinski definition) is 0. The van der Waals surface area contributed by atoms with Crippen molar-refractivity contribution in [3.8, 4) is 0 Å². The molecule has 0 bridgehead atoms. The molecule has 2 heteroatoms. The molecule has 2 heterocycles. The van der Waals surface area contributed by atoms with E-state index in [1.54, 1.807) is 0 Å². The summed E-state index contributed by atoms with van der Waals surface area (Å²) in [7, 11) is 0. The molecule has 0 fully saturated rings. The van der Waals surface area contributed by atoms with Gasteiger partial charge in [-0.1, -0.05) is 30.3 Å². The van der Waals surface area contributed by atoms with Gasteiger partial charge in [0.2, 0.25) is 0 Å². The van der Waals surface area contributed by atoms with Crippen LogP contribution < -0.4 is 0 Å². The van der Waals surface area contributed by atoms with Gasteiger partial charge in [-0.15, -0.1) is 6.58 Å². The molecule has 2 N–H and O–H groups in total. The Morgan fingerprint density at radius 1 is 0.900 bits per heavy atom. The van der Waals surface area contributed by atoms with Crippen molar-refractivity contribution in [3.05, 3.63) is 96.1 Å². The van der Waals surface area contributed by atoms with Gasteiger partial charge < -0.3 is 9.97 Å². The number of aromatic amines is 2. The summed E-state index contributed by atoms with van der Waals surface area (Å²) in [5.41, 5.74) is 4.97. The van der Waals surface area contributed by atoms with Gasteiger partial charge in [-0.05, 0) is 41.8 Å². The van der Waals surface area contributed by atoms with E-state index >= 15 is 0 Å². The van der Waals surface area contributed by atoms with Crippen LogP contribution in [0.2, 0.25) is 0 Å². The highest BCUT2D eigenvalue weighted by Gasteiger charge is 2.17. The highest BCUT2D eigenvalue weighted by atomic mass is 14.7. The van der Waals surface area contributed by atoms with Crippen LogP contribution in [0.1, 0.15) is 28.4 Å². The second kappa shape index (κ2) is 5.66. The Hall–Kier alpha value is -2.48. The van der Waals surface area contributed by atoms with E-state index in [0.717, 1.165) is 6.42 Å². The molecule has 0 atom stereocenters. The smallest absolute Gasteiger partial charge is 0.0641 e. The minimum atomic E-state index is 0.220. The van der Waals surface area contributed by atoms with Crippen LogP contribution in [0.4, 0.5) is 0 Å². The van der Waals surface area contributed by atoms with Crippen LogP contribution in [0.5, 0.6) is 0 Å². The molecule has 20 heavy (non-hydrogen) atoms. The van der Waals surface area contributed by atoms with Gasteiger partial charge in [-0.3, -0.25) is 0 Å². The molecular weight excluding hydrogens is 244 g/mol. The molecule has 2 nitrogen and oxygen atoms in total. The average Bonchev–Trinajstić information content (AvgIpc) is 3.15. The van der Waals surface area contributed by atoms with E-state index in [-0.39, 0.29) is 5.92 Å². The quantitative estimate of drug-likeness (QED) is 0.644. The molecule has 0 amide bonds. The highest BCUT2D eigenvalue weighted by molar-refractivity contribution is 5.39. The summed E-state index contributed by atoms with van der Waals surface area (Å²) in [6.45, 7) is 3.78. The predicted octanol–water partition coefficient (Wildman–Crippen LogP) is 4.25. The fourth-order valence-corrected chi connectivity index (χ4v) is 2.59. The van der Waals surface area contributed by atoms with Gasteiger partial charge in [-0.2, -0.15) is 0 Å². The molecule has 0 radical (unpaired) electrons. The maximum Gasteiger partial charge on any atom is 0.0641 e. The Morgan fingerprint density at radius 2 is 1.50 bits per heavy atom. The van der Waals surface area contributed by atoms with Crippen molar-refractivity contribution in [3.63, 3.8) is 0 Å². The number of rotatable bonds is 5. The lowest BCUT2D eigenvalue weighted by Crippen LogP contribution is -2.04. The second-order valence-corrected chi connectivity index (χ2v) is 4.92. The average molecular weight is 262 g/mol. The Morgan fingerprint density at radius 3 is 1.95 bits per heavy atom. The second-order valence-electron chi connectivity index (χ2n) is 4.92. The number of nitrogens with one attached hydrogen (secondary N) is 2. The summed E-state index contributed by atoms with van der Waals surface area (Å²) in [5.74, 6) is 0.220. The number of H-pyrrole nitrogens is 2. The number of hydrogen-bond donors (Lipinski definition) is 2. The topological polar surface area (TPSA) is 31.6 Å². The van der Waals surface area contributed by atoms with Crippen molar-refractivity contribution in [2.24, 2.45) is 0 Å². The highest BCUT2D eigenvalue weighted by Crippen LogP contribution is 2.29. The lowest BCUT2D eigenvalue weighted by molar-refractivity contribution is 0.896. The third-order valence-corrected chi connectivity index (χ3v) is 3.56. The first kappa shape index (κ1) is 12.5. The number of aromatic nitrogens is 2. The minimum Gasteiger partial charge on any atom is -0.364 e. The fraction of sp³-hybridized carbons (Fsp3) is 0.111. The Balaban J connectivity index is 1.99. The molecule has 0 aliphatic heterocycles. The van der Waals surface area contributed by atoms with Crippen molar-refractivity contribution in [2.45, 2.75) is 12.3 Å². The van der Waals surface area contributed by atoms with Gasteiger partial charge in [0.05, 0.1) is 5.92 Å². The lowest BCUT2D eigenvalue weighted by atomic mass is 9.92. The Kier molecular flexibility index (Phi) is 3.55. The van der Waals surface area contributed by atoms with Gasteiger partial charge in [0.15, 0.2) is 0 Å². The fourth-order valence-electron chi connectivity index (χ4n) is 2.59. The van der Waals surface area contributed by atoms with Crippen LogP contribution >= 0.6 is 0 Å². The van der Waals surface area contributed by atoms with Crippen molar-refractivity contribution >= 4 is 0 Å². The summed E-state index contributed by atoms with van der Waals surface area (Å²) in [4.78, 5) is 6.66. The lowest BCUT2D eigenvalue weighted by Gasteiger charge is -2.15. The van der Waals surface area contributed by atoms with E-state index in [4.69, 9.17) is 0 Å². The standard InChI is InChI=1S/C18H18N2/c1-2-5-14-8-10-15(11-9-14)18(16-6-3-12-19-16)17-7-4-13-20-17/h2-4,6-13,18-20H,1,5H2. The predicted molar refractivity (Wildman–Crippen MR) is 82.9 cm³/mol. The van der Waals surface area contributed by atoms with Crippen molar-refractivity contribution in [2.75, 3.05) is 0 Å². The van der Waals surface area contributed by atoms with E-state index in [0.29, 0.717) is 0 Å². The first-order valence-corrected chi connectivity index (χ1v) is 6.85. The van der Waals surface area contributed by atoms with E-state index in [1.807, 2.05) is 30.6 Å². The van der Waals surface area contributed by atoms with Gasteiger partial charge in [0.1, 0.15) is 0 Å².